The summed E-state index contributed by atoms with van der Waals surface area (Å²) in [5.41, 5.74) is 4.00. The van der Waals surface area contributed by atoms with E-state index in [1.807, 2.05) is 0 Å². The number of hydrogen-bond donors (Lipinski definition) is 1. The average Bonchev–Trinajstić information content (AvgIpc) is 2.30. The zero-order valence-electron chi connectivity index (χ0n) is 10.5. The second-order valence-electron chi connectivity index (χ2n) is 4.71. The fraction of sp³-hybridized carbons (Fsp3) is 0.571. The van der Waals surface area contributed by atoms with Gasteiger partial charge in [0.25, 0.3) is 0 Å². The molecule has 2 rings (SSSR count). The number of ether oxygens (including phenoxy) is 1. The Morgan fingerprint density at radius 3 is 2.19 bits per heavy atom. The van der Waals surface area contributed by atoms with E-state index in [1.165, 1.54) is 29.5 Å². The summed E-state index contributed by atoms with van der Waals surface area (Å²) in [5.74, 6) is 1.77. The summed E-state index contributed by atoms with van der Waals surface area (Å²) in [6, 6.07) is 4.59. The van der Waals surface area contributed by atoms with Crippen molar-refractivity contribution in [1.29, 1.82) is 0 Å². The molecule has 0 atom stereocenters. The second-order valence-corrected chi connectivity index (χ2v) is 4.71. The molecule has 1 aliphatic rings. The Hall–Kier alpha value is -1.02. The third kappa shape index (κ3) is 2.22. The maximum Gasteiger partial charge on any atom is 0.124 e. The van der Waals surface area contributed by atoms with Crippen LogP contribution < -0.4 is 10.1 Å². The molecule has 0 aliphatic carbocycles. The van der Waals surface area contributed by atoms with Crippen LogP contribution >= 0.6 is 0 Å². The molecular weight excluding hydrogens is 198 g/mol. The molecule has 1 N–H and O–H groups in total. The van der Waals surface area contributed by atoms with E-state index in [0.717, 1.165) is 24.8 Å². The molecule has 1 aromatic rings. The number of hydrogen-bond acceptors (Lipinski definition) is 2. The Morgan fingerprint density at radius 1 is 1.12 bits per heavy atom. The van der Waals surface area contributed by atoms with Crippen molar-refractivity contribution < 1.29 is 4.74 Å². The fourth-order valence-electron chi connectivity index (χ4n) is 2.70. The Bertz CT molecular complexity index is 344. The van der Waals surface area contributed by atoms with Crippen molar-refractivity contribution in [2.45, 2.75) is 32.6 Å². The molecule has 1 aromatic carbocycles. The van der Waals surface area contributed by atoms with Gasteiger partial charge in [-0.2, -0.15) is 0 Å². The van der Waals surface area contributed by atoms with Crippen LogP contribution in [0.1, 0.15) is 35.4 Å². The van der Waals surface area contributed by atoms with Gasteiger partial charge in [-0.25, -0.2) is 0 Å². The maximum absolute atomic E-state index is 5.41. The van der Waals surface area contributed by atoms with E-state index in [4.69, 9.17) is 4.74 Å². The first-order valence-corrected chi connectivity index (χ1v) is 6.08. The first kappa shape index (κ1) is 11.5. The third-order valence-corrected chi connectivity index (χ3v) is 3.50. The summed E-state index contributed by atoms with van der Waals surface area (Å²) in [6.45, 7) is 6.57. The van der Waals surface area contributed by atoms with Crippen LogP contribution in [0.2, 0.25) is 0 Å². The van der Waals surface area contributed by atoms with E-state index < -0.39 is 0 Å². The molecule has 0 unspecified atom stereocenters. The van der Waals surface area contributed by atoms with Crippen LogP contribution in [0.4, 0.5) is 0 Å². The van der Waals surface area contributed by atoms with E-state index in [-0.39, 0.29) is 0 Å². The lowest BCUT2D eigenvalue weighted by atomic mass is 9.88. The molecule has 88 valence electrons. The summed E-state index contributed by atoms with van der Waals surface area (Å²) >= 11 is 0. The second kappa shape index (κ2) is 4.88. The van der Waals surface area contributed by atoms with Crippen LogP contribution in [0.15, 0.2) is 12.1 Å². The van der Waals surface area contributed by atoms with Gasteiger partial charge >= 0.3 is 0 Å². The highest BCUT2D eigenvalue weighted by Gasteiger charge is 2.17. The SMILES string of the molecule is COc1c(C)cc(C2CCNCC2)cc1C. The summed E-state index contributed by atoms with van der Waals surface area (Å²) < 4.78 is 5.41. The molecule has 0 radical (unpaired) electrons. The molecular formula is C14H21NO. The van der Waals surface area contributed by atoms with Gasteiger partial charge < -0.3 is 10.1 Å². The lowest BCUT2D eigenvalue weighted by Gasteiger charge is -2.24. The van der Waals surface area contributed by atoms with Gasteiger partial charge in [-0.15, -0.1) is 0 Å². The quantitative estimate of drug-likeness (QED) is 0.826. The van der Waals surface area contributed by atoms with Gasteiger partial charge in [0, 0.05) is 0 Å². The zero-order chi connectivity index (χ0) is 11.5. The number of nitrogens with one attached hydrogen (secondary N) is 1. The van der Waals surface area contributed by atoms with E-state index in [1.54, 1.807) is 7.11 Å². The van der Waals surface area contributed by atoms with Crippen LogP contribution in [0.25, 0.3) is 0 Å². The molecule has 1 fully saturated rings. The van der Waals surface area contributed by atoms with Gasteiger partial charge in [0.2, 0.25) is 0 Å². The highest BCUT2D eigenvalue weighted by atomic mass is 16.5. The van der Waals surface area contributed by atoms with Crippen molar-refractivity contribution in [1.82, 2.24) is 5.32 Å². The zero-order valence-corrected chi connectivity index (χ0v) is 10.5. The van der Waals surface area contributed by atoms with Crippen molar-refractivity contribution in [2.75, 3.05) is 20.2 Å². The predicted octanol–water partition coefficient (Wildman–Crippen LogP) is 2.78. The van der Waals surface area contributed by atoms with Crippen LogP contribution in [0.5, 0.6) is 5.75 Å². The topological polar surface area (TPSA) is 21.3 Å². The first-order valence-electron chi connectivity index (χ1n) is 6.08. The Kier molecular flexibility index (Phi) is 3.49. The molecule has 0 spiro atoms. The van der Waals surface area contributed by atoms with Gasteiger partial charge in [-0.3, -0.25) is 0 Å². The molecule has 1 aliphatic heterocycles. The van der Waals surface area contributed by atoms with E-state index in [9.17, 15) is 0 Å². The smallest absolute Gasteiger partial charge is 0.124 e. The molecule has 0 bridgehead atoms. The van der Waals surface area contributed by atoms with Gasteiger partial charge in [0.05, 0.1) is 7.11 Å². The minimum Gasteiger partial charge on any atom is -0.496 e. The first-order chi connectivity index (χ1) is 7.72. The van der Waals surface area contributed by atoms with E-state index >= 15 is 0 Å². The van der Waals surface area contributed by atoms with Crippen LogP contribution in [-0.4, -0.2) is 20.2 Å². The Morgan fingerprint density at radius 2 is 1.69 bits per heavy atom. The van der Waals surface area contributed by atoms with Crippen molar-refractivity contribution in [3.05, 3.63) is 28.8 Å². The van der Waals surface area contributed by atoms with Gasteiger partial charge in [-0.05, 0) is 62.4 Å². The van der Waals surface area contributed by atoms with E-state index in [2.05, 4.69) is 31.3 Å². The van der Waals surface area contributed by atoms with Crippen molar-refractivity contribution in [3.8, 4) is 5.75 Å². The van der Waals surface area contributed by atoms with Gasteiger partial charge in [0.15, 0.2) is 0 Å². The van der Waals surface area contributed by atoms with Crippen LogP contribution in [0, 0.1) is 13.8 Å². The number of aryl methyl sites for hydroxylation is 2. The van der Waals surface area contributed by atoms with Crippen molar-refractivity contribution in [2.24, 2.45) is 0 Å². The summed E-state index contributed by atoms with van der Waals surface area (Å²) in [7, 11) is 1.75. The molecule has 0 aromatic heterocycles. The minimum atomic E-state index is 0.726. The number of rotatable bonds is 2. The molecule has 2 nitrogen and oxygen atoms in total. The summed E-state index contributed by atoms with van der Waals surface area (Å²) in [6.07, 6.45) is 2.51. The fourth-order valence-corrected chi connectivity index (χ4v) is 2.70. The molecule has 16 heavy (non-hydrogen) atoms. The Balaban J connectivity index is 2.28. The highest BCUT2D eigenvalue weighted by Crippen LogP contribution is 2.31. The Labute approximate surface area is 98.0 Å². The van der Waals surface area contributed by atoms with Crippen molar-refractivity contribution in [3.63, 3.8) is 0 Å². The molecule has 0 saturated carbocycles. The molecule has 0 amide bonds. The maximum atomic E-state index is 5.41. The number of benzene rings is 1. The average molecular weight is 219 g/mol. The number of methoxy groups -OCH3 is 1. The van der Waals surface area contributed by atoms with Gasteiger partial charge in [-0.1, -0.05) is 12.1 Å². The largest absolute Gasteiger partial charge is 0.496 e. The highest BCUT2D eigenvalue weighted by molar-refractivity contribution is 5.44. The lowest BCUT2D eigenvalue weighted by molar-refractivity contribution is 0.407. The number of piperidine rings is 1. The van der Waals surface area contributed by atoms with Gasteiger partial charge in [0.1, 0.15) is 5.75 Å². The predicted molar refractivity (Wildman–Crippen MR) is 67.3 cm³/mol. The lowest BCUT2D eigenvalue weighted by Crippen LogP contribution is -2.26. The van der Waals surface area contributed by atoms with E-state index in [0.29, 0.717) is 0 Å². The third-order valence-electron chi connectivity index (χ3n) is 3.50. The molecule has 1 saturated heterocycles. The summed E-state index contributed by atoms with van der Waals surface area (Å²) in [4.78, 5) is 0. The van der Waals surface area contributed by atoms with Crippen LogP contribution in [-0.2, 0) is 0 Å². The molecule has 2 heteroatoms. The minimum absolute atomic E-state index is 0.726. The van der Waals surface area contributed by atoms with Crippen LogP contribution in [0.3, 0.4) is 0 Å². The molecule has 1 heterocycles. The monoisotopic (exact) mass is 219 g/mol. The summed E-state index contributed by atoms with van der Waals surface area (Å²) in [5, 5.41) is 3.41. The standard InChI is InChI=1S/C14H21NO/c1-10-8-13(9-11(2)14(10)16-3)12-4-6-15-7-5-12/h8-9,12,15H,4-7H2,1-3H3. The normalized spacial score (nSPS) is 17.4. The van der Waals surface area contributed by atoms with Crippen molar-refractivity contribution >= 4 is 0 Å².